The normalized spacial score (nSPS) is 13.4. The SMILES string of the molecule is COc1ccc(N(C)C(=O)[C@H](Cc2cc(F)cc(F)c2)NC(=O)NS(=O)(=O)N2CCc3ccncc32)cc1. The van der Waals surface area contributed by atoms with Crippen molar-refractivity contribution in [3.05, 3.63) is 83.7 Å². The van der Waals surface area contributed by atoms with E-state index in [0.29, 0.717) is 29.6 Å². The number of aromatic nitrogens is 1. The van der Waals surface area contributed by atoms with Gasteiger partial charge in [0.1, 0.15) is 23.4 Å². The fourth-order valence-electron chi connectivity index (χ4n) is 4.13. The van der Waals surface area contributed by atoms with Gasteiger partial charge in [0.25, 0.3) is 0 Å². The van der Waals surface area contributed by atoms with Gasteiger partial charge in [-0.15, -0.1) is 0 Å². The van der Waals surface area contributed by atoms with Crippen LogP contribution in [0.2, 0.25) is 0 Å². The van der Waals surface area contributed by atoms with Gasteiger partial charge in [0, 0.05) is 38.0 Å². The molecular formula is C25H25F2N5O5S. The van der Waals surface area contributed by atoms with E-state index in [4.69, 9.17) is 4.74 Å². The number of hydrogen-bond acceptors (Lipinski definition) is 6. The number of fused-ring (bicyclic) bond motifs is 1. The van der Waals surface area contributed by atoms with Gasteiger partial charge in [-0.05, 0) is 60.0 Å². The third kappa shape index (κ3) is 5.99. The monoisotopic (exact) mass is 545 g/mol. The molecule has 0 bridgehead atoms. The molecule has 0 spiro atoms. The van der Waals surface area contributed by atoms with Crippen LogP contribution in [-0.4, -0.2) is 52.1 Å². The minimum atomic E-state index is -4.34. The number of ether oxygens (including phenoxy) is 1. The third-order valence-corrected chi connectivity index (χ3v) is 7.41. The second kappa shape index (κ2) is 11.0. The van der Waals surface area contributed by atoms with Crippen LogP contribution in [0.15, 0.2) is 60.9 Å². The quantitative estimate of drug-likeness (QED) is 0.449. The molecule has 1 aliphatic rings. The molecule has 0 aliphatic carbocycles. The third-order valence-electron chi connectivity index (χ3n) is 6.01. The molecule has 200 valence electrons. The van der Waals surface area contributed by atoms with E-state index in [1.807, 2.05) is 4.72 Å². The largest absolute Gasteiger partial charge is 0.497 e. The summed E-state index contributed by atoms with van der Waals surface area (Å²) in [4.78, 5) is 31.4. The van der Waals surface area contributed by atoms with Gasteiger partial charge in [-0.2, -0.15) is 8.42 Å². The summed E-state index contributed by atoms with van der Waals surface area (Å²) in [5, 5.41) is 2.35. The van der Waals surface area contributed by atoms with Crippen LogP contribution in [0.25, 0.3) is 0 Å². The fraction of sp³-hybridized carbons (Fsp3) is 0.240. The van der Waals surface area contributed by atoms with E-state index in [-0.39, 0.29) is 18.5 Å². The Hall–Kier alpha value is -4.26. The molecule has 1 aliphatic heterocycles. The molecule has 38 heavy (non-hydrogen) atoms. The van der Waals surface area contributed by atoms with Crippen molar-refractivity contribution in [1.29, 1.82) is 0 Å². The smallest absolute Gasteiger partial charge is 0.330 e. The number of urea groups is 1. The Morgan fingerprint density at radius 1 is 1.13 bits per heavy atom. The first-order valence-electron chi connectivity index (χ1n) is 11.5. The molecule has 2 N–H and O–H groups in total. The summed E-state index contributed by atoms with van der Waals surface area (Å²) in [6, 6.07) is 8.36. The lowest BCUT2D eigenvalue weighted by atomic mass is 10.0. The minimum absolute atomic E-state index is 0.0895. The Bertz CT molecular complexity index is 1430. The molecule has 0 saturated heterocycles. The number of methoxy groups -OCH3 is 1. The average Bonchev–Trinajstić information content (AvgIpc) is 3.32. The van der Waals surface area contributed by atoms with Crippen LogP contribution >= 0.6 is 0 Å². The molecule has 13 heteroatoms. The number of carbonyl (C=O) groups is 2. The minimum Gasteiger partial charge on any atom is -0.497 e. The summed E-state index contributed by atoms with van der Waals surface area (Å²) >= 11 is 0. The number of halogens is 2. The number of rotatable bonds is 8. The summed E-state index contributed by atoms with van der Waals surface area (Å²) in [6.07, 6.45) is 3.06. The van der Waals surface area contributed by atoms with Crippen LogP contribution in [0.3, 0.4) is 0 Å². The van der Waals surface area contributed by atoms with Crippen molar-refractivity contribution in [2.24, 2.45) is 0 Å². The van der Waals surface area contributed by atoms with Crippen LogP contribution in [-0.2, 0) is 27.8 Å². The highest BCUT2D eigenvalue weighted by Gasteiger charge is 2.33. The highest BCUT2D eigenvalue weighted by Crippen LogP contribution is 2.28. The average molecular weight is 546 g/mol. The molecule has 4 rings (SSSR count). The molecule has 3 amide bonds. The maximum absolute atomic E-state index is 13.8. The summed E-state index contributed by atoms with van der Waals surface area (Å²) < 4.78 is 61.6. The van der Waals surface area contributed by atoms with Crippen molar-refractivity contribution in [1.82, 2.24) is 15.0 Å². The molecular weight excluding hydrogens is 520 g/mol. The summed E-state index contributed by atoms with van der Waals surface area (Å²) in [7, 11) is -1.39. The van der Waals surface area contributed by atoms with E-state index in [2.05, 4.69) is 10.3 Å². The van der Waals surface area contributed by atoms with Crippen LogP contribution < -0.4 is 24.0 Å². The zero-order valence-electron chi connectivity index (χ0n) is 20.5. The van der Waals surface area contributed by atoms with E-state index in [9.17, 15) is 26.8 Å². The van der Waals surface area contributed by atoms with Gasteiger partial charge in [-0.25, -0.2) is 18.3 Å². The van der Waals surface area contributed by atoms with Gasteiger partial charge in [0.05, 0.1) is 19.0 Å². The van der Waals surface area contributed by atoms with Crippen LogP contribution in [0, 0.1) is 11.6 Å². The lowest BCUT2D eigenvalue weighted by molar-refractivity contribution is -0.120. The Morgan fingerprint density at radius 2 is 1.82 bits per heavy atom. The second-order valence-electron chi connectivity index (χ2n) is 8.54. The van der Waals surface area contributed by atoms with E-state index in [0.717, 1.165) is 22.0 Å². The highest BCUT2D eigenvalue weighted by molar-refractivity contribution is 7.91. The van der Waals surface area contributed by atoms with Crippen molar-refractivity contribution in [3.63, 3.8) is 0 Å². The Balaban J connectivity index is 1.55. The molecule has 2 aromatic carbocycles. The number of benzene rings is 2. The molecule has 1 aromatic heterocycles. The first-order valence-corrected chi connectivity index (χ1v) is 12.9. The van der Waals surface area contributed by atoms with E-state index < -0.39 is 39.8 Å². The van der Waals surface area contributed by atoms with Crippen molar-refractivity contribution in [2.45, 2.75) is 18.9 Å². The van der Waals surface area contributed by atoms with Gasteiger partial charge >= 0.3 is 16.2 Å². The molecule has 0 fully saturated rings. The van der Waals surface area contributed by atoms with Gasteiger partial charge < -0.3 is 15.0 Å². The molecule has 1 atom stereocenters. The molecule has 0 unspecified atom stereocenters. The Morgan fingerprint density at radius 3 is 2.47 bits per heavy atom. The maximum Gasteiger partial charge on any atom is 0.330 e. The number of likely N-dealkylation sites (N-methyl/N-ethyl adjacent to an activating group) is 1. The van der Waals surface area contributed by atoms with Gasteiger partial charge in [0.2, 0.25) is 5.91 Å². The number of nitrogens with zero attached hydrogens (tertiary/aromatic N) is 3. The van der Waals surface area contributed by atoms with Crippen LogP contribution in [0.5, 0.6) is 5.75 Å². The lowest BCUT2D eigenvalue weighted by Gasteiger charge is -2.26. The molecule has 2 heterocycles. The van der Waals surface area contributed by atoms with Crippen molar-refractivity contribution in [3.8, 4) is 5.75 Å². The first-order chi connectivity index (χ1) is 18.1. The number of anilines is 2. The molecule has 3 aromatic rings. The van der Waals surface area contributed by atoms with Crippen molar-refractivity contribution in [2.75, 3.05) is 29.9 Å². The van der Waals surface area contributed by atoms with Crippen molar-refractivity contribution < 1.29 is 31.5 Å². The van der Waals surface area contributed by atoms with Gasteiger partial charge in [-0.3, -0.25) is 14.1 Å². The number of carbonyl (C=O) groups excluding carboxylic acids is 2. The second-order valence-corrected chi connectivity index (χ2v) is 10.1. The predicted octanol–water partition coefficient (Wildman–Crippen LogP) is 2.55. The maximum atomic E-state index is 13.8. The molecule has 0 saturated carbocycles. The zero-order valence-corrected chi connectivity index (χ0v) is 21.3. The fourth-order valence-corrected chi connectivity index (χ4v) is 5.29. The number of amides is 3. The van der Waals surface area contributed by atoms with Gasteiger partial charge in [-0.1, -0.05) is 0 Å². The summed E-state index contributed by atoms with van der Waals surface area (Å²) in [5.41, 5.74) is 1.64. The number of hydrogen-bond donors (Lipinski definition) is 2. The Kier molecular flexibility index (Phi) is 7.76. The highest BCUT2D eigenvalue weighted by atomic mass is 32.2. The Labute approximate surface area is 218 Å². The van der Waals surface area contributed by atoms with E-state index >= 15 is 0 Å². The van der Waals surface area contributed by atoms with Crippen LogP contribution in [0.4, 0.5) is 25.0 Å². The number of pyridine rings is 1. The van der Waals surface area contributed by atoms with Crippen LogP contribution in [0.1, 0.15) is 11.1 Å². The van der Waals surface area contributed by atoms with E-state index in [1.165, 1.54) is 25.3 Å². The predicted molar refractivity (Wildman–Crippen MR) is 136 cm³/mol. The van der Waals surface area contributed by atoms with E-state index in [1.54, 1.807) is 36.5 Å². The standard InChI is InChI=1S/C25H25F2N5O5S/c1-31(20-3-5-21(37-2)6-4-20)24(33)22(13-16-11-18(26)14-19(27)12-16)29-25(34)30-38(35,36)32-10-8-17-7-9-28-15-23(17)32/h3-7,9,11-12,14-15,22H,8,10,13H2,1-2H3,(H2,29,30,34)/t22-/m0/s1. The zero-order chi connectivity index (χ0) is 27.4. The number of nitrogens with one attached hydrogen (secondary N) is 2. The summed E-state index contributed by atoms with van der Waals surface area (Å²) in [6.45, 7) is 0.106. The first kappa shape index (κ1) is 26.8. The van der Waals surface area contributed by atoms with Crippen molar-refractivity contribution >= 4 is 33.5 Å². The van der Waals surface area contributed by atoms with Gasteiger partial charge in [0.15, 0.2) is 0 Å². The lowest BCUT2D eigenvalue weighted by Crippen LogP contribution is -2.54. The topological polar surface area (TPSA) is 121 Å². The molecule has 0 radical (unpaired) electrons. The summed E-state index contributed by atoms with van der Waals surface area (Å²) in [5.74, 6) is -1.81. The molecule has 10 nitrogen and oxygen atoms in total.